The molecule has 0 aromatic rings. The molecular weight excluding hydrogens is 255 g/mol. The van der Waals surface area contributed by atoms with Gasteiger partial charge in [0.2, 0.25) is 0 Å². The third kappa shape index (κ3) is 642. The topological polar surface area (TPSA) is 115 Å². The summed E-state index contributed by atoms with van der Waals surface area (Å²) in [6.07, 6.45) is 0. The van der Waals surface area contributed by atoms with E-state index in [4.69, 9.17) is 26.6 Å². The summed E-state index contributed by atoms with van der Waals surface area (Å²) in [5.74, 6) is 0. The largest absolute Gasteiger partial charge is 0.299 e. The van der Waals surface area contributed by atoms with Gasteiger partial charge in [0, 0.05) is 16.8 Å². The second-order valence-corrected chi connectivity index (χ2v) is 1.38. The maximum Gasteiger partial charge on any atom is 0.299 e. The molecule has 1 radical (unpaired) electrons. The fraction of sp³-hybridized carbons (Fsp3) is 0. The first-order valence-corrected chi connectivity index (χ1v) is 3.19. The zero-order valence-corrected chi connectivity index (χ0v) is 7.65. The van der Waals surface area contributed by atoms with Crippen LogP contribution in [0.3, 0.4) is 0 Å². The first kappa shape index (κ1) is 22.4. The van der Waals surface area contributed by atoms with Crippen LogP contribution < -0.4 is 0 Å². The molecule has 0 heterocycles. The van der Waals surface area contributed by atoms with E-state index in [1.165, 1.54) is 0 Å². The fourth-order valence-corrected chi connectivity index (χ4v) is 0. The van der Waals surface area contributed by atoms with Gasteiger partial charge < -0.3 is 0 Å². The summed E-state index contributed by atoms with van der Waals surface area (Å²) in [5.41, 5.74) is 0. The van der Waals surface area contributed by atoms with Crippen LogP contribution in [-0.4, -0.2) is 26.6 Å². The Balaban J connectivity index is -0.0000000300. The Bertz CT molecular complexity index is 73.7. The number of halogens is 1. The minimum Gasteiger partial charge on any atom is -0.284 e. The molecule has 0 atom stereocenters. The van der Waals surface area contributed by atoms with Gasteiger partial charge in [-0.3, -0.25) is 18.2 Å². The molecule has 0 rings (SSSR count). The van der Waals surface area contributed by atoms with Gasteiger partial charge >= 0.3 is 0 Å². The van der Waals surface area contributed by atoms with E-state index in [1.54, 1.807) is 0 Å². The third-order valence-electron chi connectivity index (χ3n) is 0. The second-order valence-electron chi connectivity index (χ2n) is 0.461. The second kappa shape index (κ2) is 16.5. The first-order valence-electron chi connectivity index (χ1n) is 1.06. The molecule has 0 spiro atoms. The molecule has 0 saturated heterocycles. The van der Waals surface area contributed by atoms with E-state index in [2.05, 4.69) is 0 Å². The minimum absolute atomic E-state index is 0. The maximum absolute atomic E-state index is 8.67. The van der Waals surface area contributed by atoms with E-state index in [9.17, 15) is 0 Å². The molecule has 0 bridgehead atoms. The van der Waals surface area contributed by atoms with Gasteiger partial charge in [0.1, 0.15) is 0 Å². The van der Waals surface area contributed by atoms with Crippen molar-refractivity contribution in [2.24, 2.45) is 0 Å². The first-order chi connectivity index (χ1) is 3.46. The van der Waals surface area contributed by atoms with Crippen molar-refractivity contribution in [1.82, 2.24) is 0 Å². The smallest absolute Gasteiger partial charge is 0.284 e. The molecule has 0 amide bonds. The van der Waals surface area contributed by atoms with Crippen molar-refractivity contribution < 1.29 is 43.4 Å². The Morgan fingerprint density at radius 3 is 0.800 bits per heavy atom. The maximum atomic E-state index is 8.67. The number of hydrogen-bond acceptors (Lipinski definition) is 2. The SMILES string of the molecule is Cl.O=S(O)O.O=S(O)O.[Co]. The Hall–Kier alpha value is 0.936. The normalized spacial score (nSPS) is 7.00. The molecule has 0 aliphatic rings. The summed E-state index contributed by atoms with van der Waals surface area (Å²) in [6.45, 7) is 0. The Morgan fingerprint density at radius 1 is 0.800 bits per heavy atom. The third-order valence-corrected chi connectivity index (χ3v) is 0. The average Bonchev–Trinajstić information content (AvgIpc) is 1.25. The summed E-state index contributed by atoms with van der Waals surface area (Å²) in [5, 5.41) is 0. The van der Waals surface area contributed by atoms with E-state index in [-0.39, 0.29) is 29.2 Å². The molecule has 10 heteroatoms. The van der Waals surface area contributed by atoms with E-state index < -0.39 is 22.7 Å². The molecule has 0 aromatic heterocycles. The van der Waals surface area contributed by atoms with Gasteiger partial charge in [-0.2, -0.15) is 8.42 Å². The molecule has 10 heavy (non-hydrogen) atoms. The van der Waals surface area contributed by atoms with Crippen LogP contribution >= 0.6 is 12.4 Å². The molecule has 69 valence electrons. The van der Waals surface area contributed by atoms with E-state index >= 15 is 0 Å². The van der Waals surface area contributed by atoms with Crippen molar-refractivity contribution in [3.05, 3.63) is 0 Å². The van der Waals surface area contributed by atoms with Crippen LogP contribution in [-0.2, 0) is 39.5 Å². The van der Waals surface area contributed by atoms with Crippen molar-refractivity contribution >= 4 is 35.1 Å². The summed E-state index contributed by atoms with van der Waals surface area (Å²) in [6, 6.07) is 0. The van der Waals surface area contributed by atoms with E-state index in [0.717, 1.165) is 0 Å². The van der Waals surface area contributed by atoms with Crippen molar-refractivity contribution in [3.8, 4) is 0 Å². The van der Waals surface area contributed by atoms with Crippen molar-refractivity contribution in [2.75, 3.05) is 0 Å². The molecule has 6 nitrogen and oxygen atoms in total. The van der Waals surface area contributed by atoms with Crippen LogP contribution in [0.15, 0.2) is 0 Å². The van der Waals surface area contributed by atoms with Gasteiger partial charge in [-0.25, -0.2) is 0 Å². The summed E-state index contributed by atoms with van der Waals surface area (Å²) >= 11 is -5.22. The predicted octanol–water partition coefficient (Wildman–Crippen LogP) is -0.218. The van der Waals surface area contributed by atoms with Crippen LogP contribution in [0.5, 0.6) is 0 Å². The van der Waals surface area contributed by atoms with Gasteiger partial charge in [0.05, 0.1) is 0 Å². The average molecular weight is 260 g/mol. The zero-order valence-electron chi connectivity index (χ0n) is 4.16. The summed E-state index contributed by atoms with van der Waals surface area (Å²) < 4.78 is 45.7. The van der Waals surface area contributed by atoms with Crippen LogP contribution in [0.1, 0.15) is 0 Å². The van der Waals surface area contributed by atoms with Gasteiger partial charge in [0.25, 0.3) is 22.7 Å². The molecule has 0 fully saturated rings. The Kier molecular flexibility index (Phi) is 37.0. The quantitative estimate of drug-likeness (QED) is 0.447. The van der Waals surface area contributed by atoms with Crippen LogP contribution in [0.25, 0.3) is 0 Å². The van der Waals surface area contributed by atoms with Crippen molar-refractivity contribution in [1.29, 1.82) is 0 Å². The monoisotopic (exact) mass is 259 g/mol. The molecule has 0 aromatic carbocycles. The van der Waals surface area contributed by atoms with E-state index in [0.29, 0.717) is 0 Å². The fourth-order valence-electron chi connectivity index (χ4n) is 0. The van der Waals surface area contributed by atoms with Gasteiger partial charge in [0.15, 0.2) is 0 Å². The van der Waals surface area contributed by atoms with Crippen LogP contribution in [0.2, 0.25) is 0 Å². The summed E-state index contributed by atoms with van der Waals surface area (Å²) in [4.78, 5) is 0. The zero-order chi connectivity index (χ0) is 7.15. The summed E-state index contributed by atoms with van der Waals surface area (Å²) in [7, 11) is 0. The molecule has 0 saturated carbocycles. The minimum atomic E-state index is -2.61. The molecular formula is H5ClCoO6S2. The van der Waals surface area contributed by atoms with Crippen LogP contribution in [0, 0.1) is 0 Å². The van der Waals surface area contributed by atoms with Crippen LogP contribution in [0.4, 0.5) is 0 Å². The van der Waals surface area contributed by atoms with E-state index in [1.807, 2.05) is 0 Å². The van der Waals surface area contributed by atoms with Crippen molar-refractivity contribution in [3.63, 3.8) is 0 Å². The number of hydrogen-bond donors (Lipinski definition) is 4. The van der Waals surface area contributed by atoms with Gasteiger partial charge in [-0.05, 0) is 0 Å². The molecule has 0 aliphatic heterocycles. The molecule has 0 unspecified atom stereocenters. The predicted molar refractivity (Wildman–Crippen MR) is 34.0 cm³/mol. The molecule has 0 aliphatic carbocycles. The van der Waals surface area contributed by atoms with Crippen molar-refractivity contribution in [2.45, 2.75) is 0 Å². The Morgan fingerprint density at radius 2 is 0.800 bits per heavy atom. The molecule has 4 N–H and O–H groups in total. The standard InChI is InChI=1S/ClH.Co.2H2O3S/c;;2*1-4(2)3/h1H;;2*(H2,1,2,3). The Labute approximate surface area is 78.6 Å². The van der Waals surface area contributed by atoms with Gasteiger partial charge in [-0.1, -0.05) is 0 Å². The van der Waals surface area contributed by atoms with Gasteiger partial charge in [-0.15, -0.1) is 12.4 Å². The number of rotatable bonds is 0.